The van der Waals surface area contributed by atoms with Crippen LogP contribution in [0, 0.1) is 5.92 Å². The molecular weight excluding hydrogens is 252 g/mol. The SMILES string of the molecule is O=C(N[C@@H]1C[C@@H]2CCN(C2)C1)c1ccc2occc2c1. The number of piperidine rings is 1. The summed E-state index contributed by atoms with van der Waals surface area (Å²) in [5.74, 6) is 0.797. The molecule has 2 aliphatic rings. The van der Waals surface area contributed by atoms with E-state index < -0.39 is 0 Å². The first-order chi connectivity index (χ1) is 9.78. The molecule has 2 bridgehead atoms. The summed E-state index contributed by atoms with van der Waals surface area (Å²) >= 11 is 0. The van der Waals surface area contributed by atoms with E-state index in [0.717, 1.165) is 29.9 Å². The van der Waals surface area contributed by atoms with Crippen molar-refractivity contribution in [2.45, 2.75) is 18.9 Å². The molecule has 2 saturated heterocycles. The number of carbonyl (C=O) groups is 1. The summed E-state index contributed by atoms with van der Waals surface area (Å²) in [6, 6.07) is 7.77. The highest BCUT2D eigenvalue weighted by molar-refractivity contribution is 5.97. The van der Waals surface area contributed by atoms with Gasteiger partial charge in [0.25, 0.3) is 5.91 Å². The zero-order valence-electron chi connectivity index (χ0n) is 11.3. The number of fused-ring (bicyclic) bond motifs is 3. The van der Waals surface area contributed by atoms with Gasteiger partial charge in [-0.25, -0.2) is 0 Å². The predicted molar refractivity (Wildman–Crippen MR) is 76.6 cm³/mol. The average Bonchev–Trinajstić information content (AvgIpc) is 3.04. The maximum Gasteiger partial charge on any atom is 0.251 e. The Morgan fingerprint density at radius 3 is 3.15 bits per heavy atom. The van der Waals surface area contributed by atoms with Crippen LogP contribution in [0.15, 0.2) is 34.9 Å². The van der Waals surface area contributed by atoms with E-state index in [1.54, 1.807) is 6.26 Å². The van der Waals surface area contributed by atoms with E-state index in [2.05, 4.69) is 10.2 Å². The van der Waals surface area contributed by atoms with Crippen LogP contribution in [-0.2, 0) is 0 Å². The molecule has 2 aromatic rings. The maximum atomic E-state index is 12.4. The van der Waals surface area contributed by atoms with Crippen molar-refractivity contribution in [1.82, 2.24) is 10.2 Å². The molecule has 1 unspecified atom stereocenters. The van der Waals surface area contributed by atoms with Gasteiger partial charge < -0.3 is 14.6 Å². The summed E-state index contributed by atoms with van der Waals surface area (Å²) in [5, 5.41) is 4.16. The minimum absolute atomic E-state index is 0.0283. The van der Waals surface area contributed by atoms with Crippen molar-refractivity contribution in [3.05, 3.63) is 36.1 Å². The van der Waals surface area contributed by atoms with Crippen LogP contribution in [0.3, 0.4) is 0 Å². The fraction of sp³-hybridized carbons (Fsp3) is 0.438. The van der Waals surface area contributed by atoms with Gasteiger partial charge in [-0.1, -0.05) is 0 Å². The van der Waals surface area contributed by atoms with Gasteiger partial charge in [0.05, 0.1) is 6.26 Å². The second kappa shape index (κ2) is 4.63. The highest BCUT2D eigenvalue weighted by Gasteiger charge is 2.32. The van der Waals surface area contributed by atoms with Gasteiger partial charge in [-0.3, -0.25) is 4.79 Å². The van der Waals surface area contributed by atoms with Crippen molar-refractivity contribution in [3.8, 4) is 0 Å². The first-order valence-electron chi connectivity index (χ1n) is 7.28. The van der Waals surface area contributed by atoms with E-state index in [9.17, 15) is 4.79 Å². The fourth-order valence-electron chi connectivity index (χ4n) is 3.54. The van der Waals surface area contributed by atoms with Crippen LogP contribution in [-0.4, -0.2) is 36.5 Å². The van der Waals surface area contributed by atoms with Crippen molar-refractivity contribution >= 4 is 16.9 Å². The first kappa shape index (κ1) is 12.0. The van der Waals surface area contributed by atoms with Gasteiger partial charge in [-0.2, -0.15) is 0 Å². The van der Waals surface area contributed by atoms with Gasteiger partial charge in [0.2, 0.25) is 0 Å². The van der Waals surface area contributed by atoms with E-state index in [0.29, 0.717) is 11.6 Å². The van der Waals surface area contributed by atoms with Gasteiger partial charge in [0.1, 0.15) is 5.58 Å². The zero-order chi connectivity index (χ0) is 13.5. The third-order valence-corrected chi connectivity index (χ3v) is 4.52. The molecule has 1 amide bonds. The molecule has 3 atom stereocenters. The molecule has 1 N–H and O–H groups in total. The quantitative estimate of drug-likeness (QED) is 0.910. The van der Waals surface area contributed by atoms with Crippen molar-refractivity contribution in [1.29, 1.82) is 0 Å². The number of hydrogen-bond acceptors (Lipinski definition) is 3. The van der Waals surface area contributed by atoms with E-state index in [1.165, 1.54) is 19.5 Å². The molecule has 0 aliphatic carbocycles. The standard InChI is InChI=1S/C16H18N2O2/c19-16(13-1-2-15-12(8-13)4-6-20-15)17-14-7-11-3-5-18(9-11)10-14/h1-2,4,6,8,11,14H,3,5,7,9-10H2,(H,17,19)/t11-,14+/m0/s1. The van der Waals surface area contributed by atoms with Crippen molar-refractivity contribution in [3.63, 3.8) is 0 Å². The Kier molecular flexibility index (Phi) is 2.77. The normalized spacial score (nSPS) is 28.7. The van der Waals surface area contributed by atoms with Crippen molar-refractivity contribution < 1.29 is 9.21 Å². The molecule has 0 radical (unpaired) electrons. The lowest BCUT2D eigenvalue weighted by molar-refractivity contribution is 0.0909. The summed E-state index contributed by atoms with van der Waals surface area (Å²) in [6.45, 7) is 3.40. The number of nitrogens with zero attached hydrogens (tertiary/aromatic N) is 1. The van der Waals surface area contributed by atoms with E-state index in [1.807, 2.05) is 24.3 Å². The Bertz CT molecular complexity index is 637. The molecule has 1 aromatic carbocycles. The van der Waals surface area contributed by atoms with Crippen LogP contribution in [0.1, 0.15) is 23.2 Å². The summed E-state index contributed by atoms with van der Waals surface area (Å²) in [5.41, 5.74) is 1.54. The van der Waals surface area contributed by atoms with Crippen LogP contribution < -0.4 is 5.32 Å². The summed E-state index contributed by atoms with van der Waals surface area (Å²) in [7, 11) is 0. The van der Waals surface area contributed by atoms with Gasteiger partial charge in [-0.05, 0) is 49.6 Å². The summed E-state index contributed by atoms with van der Waals surface area (Å²) in [6.07, 6.45) is 4.06. The maximum absolute atomic E-state index is 12.4. The molecule has 0 spiro atoms. The average molecular weight is 270 g/mol. The number of benzene rings is 1. The smallest absolute Gasteiger partial charge is 0.251 e. The Morgan fingerprint density at radius 2 is 2.25 bits per heavy atom. The van der Waals surface area contributed by atoms with E-state index in [4.69, 9.17) is 4.42 Å². The Morgan fingerprint density at radius 1 is 1.30 bits per heavy atom. The molecule has 4 nitrogen and oxygen atoms in total. The molecule has 4 heteroatoms. The minimum Gasteiger partial charge on any atom is -0.464 e. The molecule has 2 fully saturated rings. The van der Waals surface area contributed by atoms with Crippen LogP contribution in [0.5, 0.6) is 0 Å². The number of amides is 1. The van der Waals surface area contributed by atoms with E-state index >= 15 is 0 Å². The third kappa shape index (κ3) is 2.10. The fourth-order valence-corrected chi connectivity index (χ4v) is 3.54. The number of furan rings is 1. The molecular formula is C16H18N2O2. The summed E-state index contributed by atoms with van der Waals surface area (Å²) < 4.78 is 5.30. The second-order valence-electron chi connectivity index (χ2n) is 5.99. The number of hydrogen-bond donors (Lipinski definition) is 1. The van der Waals surface area contributed by atoms with Gasteiger partial charge >= 0.3 is 0 Å². The molecule has 0 saturated carbocycles. The highest BCUT2D eigenvalue weighted by atomic mass is 16.3. The lowest BCUT2D eigenvalue weighted by Gasteiger charge is -2.30. The van der Waals surface area contributed by atoms with Crippen LogP contribution >= 0.6 is 0 Å². The molecule has 2 aliphatic heterocycles. The van der Waals surface area contributed by atoms with Gasteiger partial charge in [-0.15, -0.1) is 0 Å². The van der Waals surface area contributed by atoms with E-state index in [-0.39, 0.29) is 5.91 Å². The molecule has 4 rings (SSSR count). The molecule has 3 heterocycles. The Hall–Kier alpha value is -1.81. The first-order valence-corrected chi connectivity index (χ1v) is 7.28. The van der Waals surface area contributed by atoms with Crippen molar-refractivity contribution in [2.75, 3.05) is 19.6 Å². The number of nitrogens with one attached hydrogen (secondary N) is 1. The van der Waals surface area contributed by atoms with Crippen LogP contribution in [0.4, 0.5) is 0 Å². The largest absolute Gasteiger partial charge is 0.464 e. The van der Waals surface area contributed by atoms with Crippen molar-refractivity contribution in [2.24, 2.45) is 5.92 Å². The molecule has 20 heavy (non-hydrogen) atoms. The minimum atomic E-state index is 0.0283. The van der Waals surface area contributed by atoms with Crippen LogP contribution in [0.2, 0.25) is 0 Å². The zero-order valence-corrected chi connectivity index (χ0v) is 11.3. The molecule has 1 aromatic heterocycles. The highest BCUT2D eigenvalue weighted by Crippen LogP contribution is 2.27. The monoisotopic (exact) mass is 270 g/mol. The topological polar surface area (TPSA) is 45.5 Å². The third-order valence-electron chi connectivity index (χ3n) is 4.52. The Labute approximate surface area is 117 Å². The Balaban J connectivity index is 1.49. The van der Waals surface area contributed by atoms with Gasteiger partial charge in [0, 0.05) is 30.1 Å². The van der Waals surface area contributed by atoms with Gasteiger partial charge in [0.15, 0.2) is 0 Å². The van der Waals surface area contributed by atoms with Crippen LogP contribution in [0.25, 0.3) is 11.0 Å². The number of carbonyl (C=O) groups excluding carboxylic acids is 1. The lowest BCUT2D eigenvalue weighted by atomic mass is 9.96. The summed E-state index contributed by atoms with van der Waals surface area (Å²) in [4.78, 5) is 14.8. The lowest BCUT2D eigenvalue weighted by Crippen LogP contribution is -2.47. The predicted octanol–water partition coefficient (Wildman–Crippen LogP) is 2.26. The number of rotatable bonds is 2. The second-order valence-corrected chi connectivity index (χ2v) is 5.99. The molecule has 104 valence electrons.